The van der Waals surface area contributed by atoms with Crippen LogP contribution >= 0.6 is 0 Å². The maximum absolute atomic E-state index is 12.9. The van der Waals surface area contributed by atoms with Gasteiger partial charge in [0, 0.05) is 12.6 Å². The summed E-state index contributed by atoms with van der Waals surface area (Å²) in [6.07, 6.45) is -6.42. The van der Waals surface area contributed by atoms with Gasteiger partial charge >= 0.3 is 6.18 Å². The molecule has 1 aliphatic rings. The number of nitrogens with zero attached hydrogens (tertiary/aromatic N) is 2. The second-order valence-electron chi connectivity index (χ2n) is 4.23. The number of benzene rings is 1. The molecule has 1 atom stereocenters. The van der Waals surface area contributed by atoms with Crippen LogP contribution in [-0.4, -0.2) is 36.8 Å². The number of rotatable bonds is 1. The molecule has 1 aliphatic heterocycles. The third-order valence-corrected chi connectivity index (χ3v) is 2.60. The molecule has 0 unspecified atom stereocenters. The summed E-state index contributed by atoms with van der Waals surface area (Å²) in [5, 5.41) is 5.28. The lowest BCUT2D eigenvalue weighted by Crippen LogP contribution is -2.45. The van der Waals surface area contributed by atoms with Gasteiger partial charge in [-0.3, -0.25) is 5.01 Å². The lowest BCUT2D eigenvalue weighted by atomic mass is 10.0. The fourth-order valence-corrected chi connectivity index (χ4v) is 1.71. The van der Waals surface area contributed by atoms with Crippen molar-refractivity contribution < 1.29 is 17.9 Å². The third-order valence-electron chi connectivity index (χ3n) is 2.60. The van der Waals surface area contributed by atoms with Crippen molar-refractivity contribution in [2.24, 2.45) is 5.10 Å². The van der Waals surface area contributed by atoms with Crippen LogP contribution in [0.25, 0.3) is 0 Å². The van der Waals surface area contributed by atoms with Crippen molar-refractivity contribution in [1.29, 1.82) is 0 Å². The van der Waals surface area contributed by atoms with Crippen molar-refractivity contribution in [1.82, 2.24) is 5.01 Å². The standard InChI is InChI=1S/C12H13F3N2O/c1-8-3-5-9(6-4-8)10-11(12(13,14)15)18-7-17(2)16-10/h3-6,11H,7H2,1-2H3/t11-/m1/s1. The van der Waals surface area contributed by atoms with Crippen LogP contribution in [0.5, 0.6) is 0 Å². The predicted molar refractivity (Wildman–Crippen MR) is 61.3 cm³/mol. The minimum atomic E-state index is -4.45. The number of hydrogen-bond donors (Lipinski definition) is 0. The van der Waals surface area contributed by atoms with E-state index < -0.39 is 12.3 Å². The Labute approximate surface area is 103 Å². The van der Waals surface area contributed by atoms with Gasteiger partial charge in [-0.2, -0.15) is 18.3 Å². The second-order valence-corrected chi connectivity index (χ2v) is 4.23. The van der Waals surface area contributed by atoms with Gasteiger partial charge in [0.15, 0.2) is 6.10 Å². The Morgan fingerprint density at radius 3 is 2.44 bits per heavy atom. The Bertz CT molecular complexity index is 453. The van der Waals surface area contributed by atoms with E-state index in [2.05, 4.69) is 5.10 Å². The molecular weight excluding hydrogens is 245 g/mol. The SMILES string of the molecule is Cc1ccc(C2=NN(C)CO[C@H]2C(F)(F)F)cc1. The van der Waals surface area contributed by atoms with E-state index in [1.165, 1.54) is 5.01 Å². The number of hydrazone groups is 1. The molecule has 0 bridgehead atoms. The highest BCUT2D eigenvalue weighted by Crippen LogP contribution is 2.28. The van der Waals surface area contributed by atoms with Crippen LogP contribution in [0.4, 0.5) is 13.2 Å². The van der Waals surface area contributed by atoms with E-state index >= 15 is 0 Å². The minimum absolute atomic E-state index is 0.101. The van der Waals surface area contributed by atoms with Gasteiger partial charge in [0.05, 0.1) is 0 Å². The lowest BCUT2D eigenvalue weighted by Gasteiger charge is -2.30. The van der Waals surface area contributed by atoms with E-state index in [0.29, 0.717) is 5.56 Å². The zero-order valence-electron chi connectivity index (χ0n) is 10.0. The fraction of sp³-hybridized carbons (Fsp3) is 0.417. The molecule has 0 spiro atoms. The van der Waals surface area contributed by atoms with Gasteiger partial charge in [0.25, 0.3) is 0 Å². The van der Waals surface area contributed by atoms with Crippen molar-refractivity contribution in [3.05, 3.63) is 35.4 Å². The number of halogens is 3. The maximum atomic E-state index is 12.9. The highest BCUT2D eigenvalue weighted by atomic mass is 19.4. The van der Waals surface area contributed by atoms with E-state index in [-0.39, 0.29) is 12.4 Å². The molecule has 0 aromatic heterocycles. The maximum Gasteiger partial charge on any atom is 0.420 e. The topological polar surface area (TPSA) is 24.8 Å². The van der Waals surface area contributed by atoms with E-state index in [0.717, 1.165) is 5.56 Å². The van der Waals surface area contributed by atoms with E-state index in [1.807, 2.05) is 6.92 Å². The fourth-order valence-electron chi connectivity index (χ4n) is 1.71. The van der Waals surface area contributed by atoms with E-state index in [1.54, 1.807) is 31.3 Å². The molecule has 2 rings (SSSR count). The molecule has 6 heteroatoms. The summed E-state index contributed by atoms with van der Waals surface area (Å²) in [7, 11) is 1.57. The first-order valence-corrected chi connectivity index (χ1v) is 5.43. The van der Waals surface area contributed by atoms with Gasteiger partial charge in [-0.05, 0) is 6.92 Å². The van der Waals surface area contributed by atoms with E-state index in [4.69, 9.17) is 4.74 Å². The average molecular weight is 258 g/mol. The average Bonchev–Trinajstić information content (AvgIpc) is 2.28. The molecule has 3 nitrogen and oxygen atoms in total. The summed E-state index contributed by atoms with van der Waals surface area (Å²) in [4.78, 5) is 0. The van der Waals surface area contributed by atoms with Gasteiger partial charge in [-0.25, -0.2) is 0 Å². The summed E-state index contributed by atoms with van der Waals surface area (Å²) in [5.41, 5.74) is 1.30. The Kier molecular flexibility index (Phi) is 3.30. The van der Waals surface area contributed by atoms with Crippen LogP contribution in [0.15, 0.2) is 29.4 Å². The van der Waals surface area contributed by atoms with Crippen molar-refractivity contribution in [3.8, 4) is 0 Å². The first-order valence-electron chi connectivity index (χ1n) is 5.43. The molecule has 0 amide bonds. The summed E-state index contributed by atoms with van der Waals surface area (Å²) in [6.45, 7) is 1.70. The first kappa shape index (κ1) is 12.9. The third kappa shape index (κ3) is 2.64. The number of alkyl halides is 3. The molecule has 1 aromatic carbocycles. The Hall–Kier alpha value is -1.56. The Morgan fingerprint density at radius 2 is 1.89 bits per heavy atom. The lowest BCUT2D eigenvalue weighted by molar-refractivity contribution is -0.210. The zero-order chi connectivity index (χ0) is 13.3. The summed E-state index contributed by atoms with van der Waals surface area (Å²) in [6, 6.07) is 6.74. The van der Waals surface area contributed by atoms with Crippen molar-refractivity contribution in [3.63, 3.8) is 0 Å². The van der Waals surface area contributed by atoms with Crippen LogP contribution < -0.4 is 0 Å². The minimum Gasteiger partial charge on any atom is -0.340 e. The molecule has 0 radical (unpaired) electrons. The molecule has 0 fully saturated rings. The van der Waals surface area contributed by atoms with Crippen molar-refractivity contribution in [2.45, 2.75) is 19.2 Å². The molecule has 0 aliphatic carbocycles. The van der Waals surface area contributed by atoms with Gasteiger partial charge in [-0.1, -0.05) is 29.8 Å². The largest absolute Gasteiger partial charge is 0.420 e. The number of ether oxygens (including phenoxy) is 1. The molecule has 0 saturated carbocycles. The van der Waals surface area contributed by atoms with Gasteiger partial charge in [-0.15, -0.1) is 0 Å². The second kappa shape index (κ2) is 4.61. The van der Waals surface area contributed by atoms with Crippen LogP contribution in [-0.2, 0) is 4.74 Å². The number of aryl methyl sites for hydroxylation is 1. The van der Waals surface area contributed by atoms with Crippen LogP contribution in [0, 0.1) is 6.92 Å². The van der Waals surface area contributed by atoms with Crippen molar-refractivity contribution in [2.75, 3.05) is 13.8 Å². The zero-order valence-corrected chi connectivity index (χ0v) is 10.0. The summed E-state index contributed by atoms with van der Waals surface area (Å²) in [5.74, 6) is 0. The Balaban J connectivity index is 2.40. The summed E-state index contributed by atoms with van der Waals surface area (Å²) < 4.78 is 43.4. The van der Waals surface area contributed by atoms with Crippen LogP contribution in [0.3, 0.4) is 0 Å². The van der Waals surface area contributed by atoms with Gasteiger partial charge in [0.1, 0.15) is 12.4 Å². The normalized spacial score (nSPS) is 20.8. The molecule has 98 valence electrons. The van der Waals surface area contributed by atoms with E-state index in [9.17, 15) is 13.2 Å². The molecule has 18 heavy (non-hydrogen) atoms. The van der Waals surface area contributed by atoms with Gasteiger partial charge in [0.2, 0.25) is 0 Å². The molecule has 0 saturated heterocycles. The molecule has 0 N–H and O–H groups in total. The first-order chi connectivity index (χ1) is 8.38. The van der Waals surface area contributed by atoms with Crippen LogP contribution in [0.1, 0.15) is 11.1 Å². The summed E-state index contributed by atoms with van der Waals surface area (Å²) >= 11 is 0. The molecule has 1 aromatic rings. The van der Waals surface area contributed by atoms with Crippen molar-refractivity contribution >= 4 is 5.71 Å². The Morgan fingerprint density at radius 1 is 1.28 bits per heavy atom. The predicted octanol–water partition coefficient (Wildman–Crippen LogP) is 2.55. The van der Waals surface area contributed by atoms with Gasteiger partial charge < -0.3 is 4.74 Å². The van der Waals surface area contributed by atoms with Crippen LogP contribution in [0.2, 0.25) is 0 Å². The highest BCUT2D eigenvalue weighted by molar-refractivity contribution is 6.04. The molecule has 1 heterocycles. The molecular formula is C12H13F3N2O. The monoisotopic (exact) mass is 258 g/mol. The highest BCUT2D eigenvalue weighted by Gasteiger charge is 2.46. The smallest absolute Gasteiger partial charge is 0.340 e. The quantitative estimate of drug-likeness (QED) is 0.773. The number of hydrogen-bond acceptors (Lipinski definition) is 3.